The third-order valence-electron chi connectivity index (χ3n) is 2.43. The van der Waals surface area contributed by atoms with Crippen molar-refractivity contribution >= 4 is 0 Å². The molecule has 134 valence electrons. The molecule has 8 nitrogen and oxygen atoms in total. The van der Waals surface area contributed by atoms with Gasteiger partial charge in [0.15, 0.2) is 0 Å². The first-order valence-electron chi connectivity index (χ1n) is 7.73. The molecular weight excluding hydrogens is 294 g/mol. The highest BCUT2D eigenvalue weighted by atomic mass is 16.5. The molecule has 0 radical (unpaired) electrons. The van der Waals surface area contributed by atoms with Crippen LogP contribution in [0.15, 0.2) is 0 Å². The number of nitrogens with one attached hydrogen (secondary N) is 1. The third kappa shape index (κ3) is 19.7. The lowest BCUT2D eigenvalue weighted by Gasteiger charge is -2.08. The molecule has 8 heteroatoms. The van der Waals surface area contributed by atoms with Crippen LogP contribution in [0.25, 0.3) is 0 Å². The van der Waals surface area contributed by atoms with Gasteiger partial charge < -0.3 is 39.2 Å². The van der Waals surface area contributed by atoms with Crippen molar-refractivity contribution in [3.05, 3.63) is 0 Å². The average molecular weight is 325 g/mol. The number of aliphatic hydroxyl groups excluding tert-OH is 2. The maximum Gasteiger partial charge on any atom is 0.0701 e. The fourth-order valence-corrected chi connectivity index (χ4v) is 1.41. The minimum atomic E-state index is 0.0403. The smallest absolute Gasteiger partial charge is 0.0701 e. The first-order chi connectivity index (χ1) is 10.9. The molecule has 0 bridgehead atoms. The van der Waals surface area contributed by atoms with Crippen molar-refractivity contribution in [1.82, 2.24) is 5.32 Å². The lowest BCUT2D eigenvalue weighted by atomic mass is 10.6. The van der Waals surface area contributed by atoms with E-state index in [1.54, 1.807) is 0 Å². The van der Waals surface area contributed by atoms with E-state index >= 15 is 0 Å². The highest BCUT2D eigenvalue weighted by molar-refractivity contribution is 4.45. The van der Waals surface area contributed by atoms with E-state index in [1.807, 2.05) is 0 Å². The van der Waals surface area contributed by atoms with E-state index in [-0.39, 0.29) is 13.2 Å². The highest BCUT2D eigenvalue weighted by Gasteiger charge is 1.93. The van der Waals surface area contributed by atoms with Gasteiger partial charge >= 0.3 is 0 Å². The zero-order chi connectivity index (χ0) is 16.1. The first kappa shape index (κ1) is 21.7. The highest BCUT2D eigenvalue weighted by Crippen LogP contribution is 1.81. The summed E-state index contributed by atoms with van der Waals surface area (Å²) in [5.41, 5.74) is 0. The van der Waals surface area contributed by atoms with Crippen molar-refractivity contribution in [2.75, 3.05) is 92.4 Å². The molecule has 0 spiro atoms. The number of hydrogen-bond donors (Lipinski definition) is 3. The van der Waals surface area contributed by atoms with E-state index in [9.17, 15) is 0 Å². The first-order valence-corrected chi connectivity index (χ1v) is 7.73. The average Bonchev–Trinajstić information content (AvgIpc) is 2.54. The van der Waals surface area contributed by atoms with Crippen molar-refractivity contribution in [2.45, 2.75) is 0 Å². The molecule has 3 N–H and O–H groups in total. The predicted molar refractivity (Wildman–Crippen MR) is 81.1 cm³/mol. The number of aliphatic hydroxyl groups is 2. The Balaban J connectivity index is 2.91. The van der Waals surface area contributed by atoms with Gasteiger partial charge in [0.1, 0.15) is 0 Å². The summed E-state index contributed by atoms with van der Waals surface area (Å²) in [4.78, 5) is 0. The molecule has 0 heterocycles. The summed E-state index contributed by atoms with van der Waals surface area (Å²) in [6, 6.07) is 0. The second-order valence-corrected chi connectivity index (χ2v) is 4.26. The largest absolute Gasteiger partial charge is 0.394 e. The van der Waals surface area contributed by atoms with E-state index in [4.69, 9.17) is 33.9 Å². The van der Waals surface area contributed by atoms with Crippen LogP contribution >= 0.6 is 0 Å². The summed E-state index contributed by atoms with van der Waals surface area (Å²) in [6.45, 7) is 6.74. The second-order valence-electron chi connectivity index (χ2n) is 4.26. The van der Waals surface area contributed by atoms with Gasteiger partial charge in [0.25, 0.3) is 0 Å². The third-order valence-corrected chi connectivity index (χ3v) is 2.43. The molecular formula is C14H31NO7. The van der Waals surface area contributed by atoms with E-state index in [1.165, 1.54) is 0 Å². The van der Waals surface area contributed by atoms with Crippen LogP contribution in [-0.2, 0) is 23.7 Å². The van der Waals surface area contributed by atoms with Crippen LogP contribution < -0.4 is 5.32 Å². The Hall–Kier alpha value is -0.320. The van der Waals surface area contributed by atoms with Crippen molar-refractivity contribution < 1.29 is 33.9 Å². The fraction of sp³-hybridized carbons (Fsp3) is 1.00. The lowest BCUT2D eigenvalue weighted by Crippen LogP contribution is -2.25. The van der Waals surface area contributed by atoms with Gasteiger partial charge in [-0.15, -0.1) is 0 Å². The summed E-state index contributed by atoms with van der Waals surface area (Å²) >= 11 is 0. The van der Waals surface area contributed by atoms with Gasteiger partial charge in [0.2, 0.25) is 0 Å². The monoisotopic (exact) mass is 325 g/mol. The zero-order valence-corrected chi connectivity index (χ0v) is 13.3. The SMILES string of the molecule is OCCOCCOCCNCCOCCOCCOCCO. The van der Waals surface area contributed by atoms with Gasteiger partial charge in [0, 0.05) is 13.1 Å². The molecule has 0 saturated carbocycles. The Morgan fingerprint density at radius 1 is 0.455 bits per heavy atom. The number of ether oxygens (including phenoxy) is 5. The second kappa shape index (κ2) is 20.7. The van der Waals surface area contributed by atoms with E-state index in [0.29, 0.717) is 66.1 Å². The molecule has 22 heavy (non-hydrogen) atoms. The van der Waals surface area contributed by atoms with Gasteiger partial charge in [-0.3, -0.25) is 0 Å². The van der Waals surface area contributed by atoms with Crippen LogP contribution in [0.5, 0.6) is 0 Å². The van der Waals surface area contributed by atoms with Gasteiger partial charge in [0.05, 0.1) is 79.3 Å². The predicted octanol–water partition coefficient (Wildman–Crippen LogP) is -1.36. The van der Waals surface area contributed by atoms with Gasteiger partial charge in [-0.25, -0.2) is 0 Å². The van der Waals surface area contributed by atoms with Gasteiger partial charge in [-0.05, 0) is 0 Å². The van der Waals surface area contributed by atoms with Gasteiger partial charge in [-0.2, -0.15) is 0 Å². The quantitative estimate of drug-likeness (QED) is 0.251. The van der Waals surface area contributed by atoms with E-state index in [0.717, 1.165) is 13.1 Å². The van der Waals surface area contributed by atoms with Gasteiger partial charge in [-0.1, -0.05) is 0 Å². The minimum absolute atomic E-state index is 0.0403. The van der Waals surface area contributed by atoms with Crippen LogP contribution in [0.2, 0.25) is 0 Å². The summed E-state index contributed by atoms with van der Waals surface area (Å²) in [5.74, 6) is 0. The summed E-state index contributed by atoms with van der Waals surface area (Å²) < 4.78 is 26.1. The Bertz CT molecular complexity index is 178. The Morgan fingerprint density at radius 2 is 0.773 bits per heavy atom. The van der Waals surface area contributed by atoms with Crippen LogP contribution in [-0.4, -0.2) is 103 Å². The maximum absolute atomic E-state index is 8.49. The molecule has 0 amide bonds. The molecule has 0 saturated heterocycles. The van der Waals surface area contributed by atoms with Crippen LogP contribution in [0, 0.1) is 0 Å². The van der Waals surface area contributed by atoms with Crippen molar-refractivity contribution in [3.63, 3.8) is 0 Å². The summed E-state index contributed by atoms with van der Waals surface area (Å²) in [5, 5.41) is 20.2. The Kier molecular flexibility index (Phi) is 20.4. The minimum Gasteiger partial charge on any atom is -0.394 e. The van der Waals surface area contributed by atoms with Crippen LogP contribution in [0.4, 0.5) is 0 Å². The van der Waals surface area contributed by atoms with Crippen molar-refractivity contribution in [3.8, 4) is 0 Å². The summed E-state index contributed by atoms with van der Waals surface area (Å²) in [7, 11) is 0. The lowest BCUT2D eigenvalue weighted by molar-refractivity contribution is 0.00781. The molecule has 0 aliphatic rings. The molecule has 0 aromatic rings. The molecule has 0 unspecified atom stereocenters. The van der Waals surface area contributed by atoms with E-state index in [2.05, 4.69) is 5.32 Å². The molecule has 0 aliphatic heterocycles. The fourth-order valence-electron chi connectivity index (χ4n) is 1.41. The topological polar surface area (TPSA) is 98.6 Å². The van der Waals surface area contributed by atoms with Crippen LogP contribution in [0.1, 0.15) is 0 Å². The number of hydrogen-bond acceptors (Lipinski definition) is 8. The van der Waals surface area contributed by atoms with E-state index < -0.39 is 0 Å². The standard InChI is InChI=1S/C14H31NO7/c16-3-7-20-11-9-18-5-1-15-2-6-19-10-13-22-14-12-21-8-4-17/h15-17H,1-14H2. The molecule has 0 atom stereocenters. The Morgan fingerprint density at radius 3 is 1.14 bits per heavy atom. The molecule has 0 fully saturated rings. The molecule has 0 rings (SSSR count). The normalized spacial score (nSPS) is 11.2. The van der Waals surface area contributed by atoms with Crippen molar-refractivity contribution in [1.29, 1.82) is 0 Å². The Labute approximate surface area is 132 Å². The maximum atomic E-state index is 8.49. The molecule has 0 aromatic heterocycles. The zero-order valence-electron chi connectivity index (χ0n) is 13.3. The van der Waals surface area contributed by atoms with Crippen LogP contribution in [0.3, 0.4) is 0 Å². The molecule has 0 aromatic carbocycles. The summed E-state index contributed by atoms with van der Waals surface area (Å²) in [6.07, 6.45) is 0. The molecule has 0 aliphatic carbocycles. The number of rotatable bonds is 19. The van der Waals surface area contributed by atoms with Crippen molar-refractivity contribution in [2.24, 2.45) is 0 Å².